The third-order valence-electron chi connectivity index (χ3n) is 3.68. The molecule has 21 heavy (non-hydrogen) atoms. The number of unbranched alkanes of at least 4 members (excludes halogenated alkanes) is 1. The summed E-state index contributed by atoms with van der Waals surface area (Å²) in [5.74, 6) is -0.370. The molecule has 0 aliphatic heterocycles. The summed E-state index contributed by atoms with van der Waals surface area (Å²) in [4.78, 5) is 12.0. The van der Waals surface area contributed by atoms with E-state index in [4.69, 9.17) is 4.74 Å². The molecule has 0 N–H and O–H groups in total. The largest absolute Gasteiger partial charge is 0.465 e. The smallest absolute Gasteiger partial charge is 0.338 e. The van der Waals surface area contributed by atoms with Gasteiger partial charge in [-0.3, -0.25) is 0 Å². The summed E-state index contributed by atoms with van der Waals surface area (Å²) in [5, 5.41) is 0. The number of sulfone groups is 1. The van der Waals surface area contributed by atoms with Crippen LogP contribution >= 0.6 is 0 Å². The van der Waals surface area contributed by atoms with Gasteiger partial charge in [-0.05, 0) is 36.5 Å². The van der Waals surface area contributed by atoms with Crippen LogP contribution in [0.4, 0.5) is 0 Å². The topological polar surface area (TPSA) is 60.4 Å². The van der Waals surface area contributed by atoms with Crippen LogP contribution in [0.5, 0.6) is 0 Å². The van der Waals surface area contributed by atoms with E-state index in [1.807, 2.05) is 13.0 Å². The first-order valence-corrected chi connectivity index (χ1v) is 9.04. The van der Waals surface area contributed by atoms with E-state index in [1.165, 1.54) is 19.4 Å². The maximum atomic E-state index is 12.1. The van der Waals surface area contributed by atoms with Gasteiger partial charge in [0.1, 0.15) is 0 Å². The van der Waals surface area contributed by atoms with Crippen molar-refractivity contribution in [1.29, 1.82) is 0 Å². The summed E-state index contributed by atoms with van der Waals surface area (Å²) in [5.41, 5.74) is 1.84. The molecular formula is C16H24O4S. The molecule has 0 aliphatic carbocycles. The summed E-state index contributed by atoms with van der Waals surface area (Å²) in [6.45, 7) is 5.93. The van der Waals surface area contributed by atoms with E-state index >= 15 is 0 Å². The van der Waals surface area contributed by atoms with E-state index in [0.717, 1.165) is 30.4 Å². The molecule has 4 nitrogen and oxygen atoms in total. The Morgan fingerprint density at radius 3 is 2.43 bits per heavy atom. The van der Waals surface area contributed by atoms with Crippen LogP contribution in [-0.4, -0.2) is 27.8 Å². The lowest BCUT2D eigenvalue weighted by Gasteiger charge is -2.18. The van der Waals surface area contributed by atoms with Crippen molar-refractivity contribution in [2.75, 3.05) is 13.4 Å². The second-order valence-corrected chi connectivity index (χ2v) is 7.50. The molecule has 0 fully saturated rings. The number of carbonyl (C=O) groups excluding carboxylic acids is 1. The molecule has 0 amide bonds. The molecule has 1 rings (SSSR count). The maximum absolute atomic E-state index is 12.1. The van der Waals surface area contributed by atoms with Crippen molar-refractivity contribution in [3.63, 3.8) is 0 Å². The summed E-state index contributed by atoms with van der Waals surface area (Å²) < 4.78 is 28.8. The van der Waals surface area contributed by atoms with Crippen LogP contribution in [0.2, 0.25) is 0 Å². The van der Waals surface area contributed by atoms with Crippen LogP contribution in [0.25, 0.3) is 0 Å². The van der Waals surface area contributed by atoms with Crippen LogP contribution in [0.15, 0.2) is 17.0 Å². The Balaban J connectivity index is 3.43. The number of aryl methyl sites for hydroxylation is 1. The second-order valence-electron chi connectivity index (χ2n) is 5.51. The molecule has 0 heterocycles. The highest BCUT2D eigenvalue weighted by atomic mass is 32.2. The predicted molar refractivity (Wildman–Crippen MR) is 83.6 cm³/mol. The highest BCUT2D eigenvalue weighted by molar-refractivity contribution is 7.90. The van der Waals surface area contributed by atoms with Gasteiger partial charge in [-0.15, -0.1) is 0 Å². The first-order chi connectivity index (χ1) is 9.72. The number of benzene rings is 1. The molecular weight excluding hydrogens is 288 g/mol. The van der Waals surface area contributed by atoms with Crippen LogP contribution in [0.1, 0.15) is 60.5 Å². The Labute approximate surface area is 127 Å². The van der Waals surface area contributed by atoms with E-state index in [9.17, 15) is 13.2 Å². The average molecular weight is 312 g/mol. The fraction of sp³-hybridized carbons (Fsp3) is 0.562. The minimum atomic E-state index is -3.39. The van der Waals surface area contributed by atoms with E-state index in [2.05, 4.69) is 6.92 Å². The molecule has 0 spiro atoms. The van der Waals surface area contributed by atoms with Crippen molar-refractivity contribution >= 4 is 15.8 Å². The Morgan fingerprint density at radius 1 is 1.33 bits per heavy atom. The lowest BCUT2D eigenvalue weighted by Crippen LogP contribution is -2.11. The van der Waals surface area contributed by atoms with Gasteiger partial charge in [-0.1, -0.05) is 32.8 Å². The molecule has 0 radical (unpaired) electrons. The Kier molecular flexibility index (Phi) is 5.96. The van der Waals surface area contributed by atoms with Crippen LogP contribution in [-0.2, 0) is 14.6 Å². The van der Waals surface area contributed by atoms with Gasteiger partial charge in [0.25, 0.3) is 0 Å². The van der Waals surface area contributed by atoms with Gasteiger partial charge in [-0.2, -0.15) is 0 Å². The number of carbonyl (C=O) groups is 1. The first-order valence-electron chi connectivity index (χ1n) is 7.15. The second kappa shape index (κ2) is 7.07. The van der Waals surface area contributed by atoms with E-state index in [-0.39, 0.29) is 10.8 Å². The van der Waals surface area contributed by atoms with Gasteiger partial charge in [0, 0.05) is 6.26 Å². The molecule has 1 unspecified atom stereocenters. The lowest BCUT2D eigenvalue weighted by atomic mass is 9.92. The van der Waals surface area contributed by atoms with Crippen molar-refractivity contribution in [3.05, 3.63) is 28.8 Å². The molecule has 0 aliphatic rings. The van der Waals surface area contributed by atoms with Gasteiger partial charge in [-0.25, -0.2) is 13.2 Å². The van der Waals surface area contributed by atoms with Crippen molar-refractivity contribution in [1.82, 2.24) is 0 Å². The van der Waals surface area contributed by atoms with E-state index in [1.54, 1.807) is 6.92 Å². The first kappa shape index (κ1) is 17.7. The number of rotatable bonds is 6. The number of methoxy groups -OCH3 is 1. The molecule has 0 bridgehead atoms. The van der Waals surface area contributed by atoms with Gasteiger partial charge in [0.05, 0.1) is 17.6 Å². The van der Waals surface area contributed by atoms with Gasteiger partial charge < -0.3 is 4.74 Å². The minimum Gasteiger partial charge on any atom is -0.465 e. The standard InChI is InChI=1S/C16H24O4S/c1-6-7-8-11(2)13-9-12(3)14(16(17)20-4)10-15(13)21(5,18)19/h9-11H,6-8H2,1-5H3. The highest BCUT2D eigenvalue weighted by Gasteiger charge is 2.22. The summed E-state index contributed by atoms with van der Waals surface area (Å²) in [7, 11) is -2.10. The molecule has 1 aromatic carbocycles. The highest BCUT2D eigenvalue weighted by Crippen LogP contribution is 2.30. The molecule has 5 heteroatoms. The number of hydrogen-bond donors (Lipinski definition) is 0. The zero-order valence-electron chi connectivity index (χ0n) is 13.4. The fourth-order valence-electron chi connectivity index (χ4n) is 2.41. The minimum absolute atomic E-state index is 0.139. The average Bonchev–Trinajstić information content (AvgIpc) is 2.42. The zero-order valence-corrected chi connectivity index (χ0v) is 14.2. The summed E-state index contributed by atoms with van der Waals surface area (Å²) in [6.07, 6.45) is 4.21. The molecule has 1 aromatic rings. The third kappa shape index (κ3) is 4.30. The monoisotopic (exact) mass is 312 g/mol. The maximum Gasteiger partial charge on any atom is 0.338 e. The van der Waals surface area contributed by atoms with Crippen molar-refractivity contribution in [2.45, 2.75) is 50.8 Å². The van der Waals surface area contributed by atoms with E-state index in [0.29, 0.717) is 5.56 Å². The Hall–Kier alpha value is -1.36. The van der Waals surface area contributed by atoms with Gasteiger partial charge >= 0.3 is 5.97 Å². The SMILES string of the molecule is CCCCC(C)c1cc(C)c(C(=O)OC)cc1S(C)(=O)=O. The fourth-order valence-corrected chi connectivity index (χ4v) is 3.43. The summed E-state index contributed by atoms with van der Waals surface area (Å²) >= 11 is 0. The lowest BCUT2D eigenvalue weighted by molar-refractivity contribution is 0.0599. The predicted octanol–water partition coefficient (Wildman–Crippen LogP) is 3.48. The van der Waals surface area contributed by atoms with E-state index < -0.39 is 15.8 Å². The van der Waals surface area contributed by atoms with Crippen molar-refractivity contribution in [3.8, 4) is 0 Å². The van der Waals surface area contributed by atoms with Crippen molar-refractivity contribution in [2.24, 2.45) is 0 Å². The van der Waals surface area contributed by atoms with Gasteiger partial charge in [0.15, 0.2) is 9.84 Å². The Bertz CT molecular complexity index is 617. The number of esters is 1. The van der Waals surface area contributed by atoms with Crippen molar-refractivity contribution < 1.29 is 17.9 Å². The van der Waals surface area contributed by atoms with Gasteiger partial charge in [0.2, 0.25) is 0 Å². The summed E-state index contributed by atoms with van der Waals surface area (Å²) in [6, 6.07) is 3.26. The number of hydrogen-bond acceptors (Lipinski definition) is 4. The number of ether oxygens (including phenoxy) is 1. The molecule has 0 saturated carbocycles. The van der Waals surface area contributed by atoms with Crippen LogP contribution in [0.3, 0.4) is 0 Å². The van der Waals surface area contributed by atoms with Crippen LogP contribution < -0.4 is 0 Å². The Morgan fingerprint density at radius 2 is 1.95 bits per heavy atom. The zero-order chi connectivity index (χ0) is 16.2. The quantitative estimate of drug-likeness (QED) is 0.755. The molecule has 1 atom stereocenters. The molecule has 0 aromatic heterocycles. The molecule has 118 valence electrons. The molecule has 0 saturated heterocycles. The van der Waals surface area contributed by atoms with Crippen LogP contribution in [0, 0.1) is 6.92 Å². The third-order valence-corrected chi connectivity index (χ3v) is 4.84. The normalized spacial score (nSPS) is 13.0.